The zero-order chi connectivity index (χ0) is 14.1. The summed E-state index contributed by atoms with van der Waals surface area (Å²) in [7, 11) is 3.30. The van der Waals surface area contributed by atoms with E-state index < -0.39 is 5.97 Å². The number of hydrogen-bond donors (Lipinski definition) is 1. The number of nitrogens with zero attached hydrogens (tertiary/aromatic N) is 2. The van der Waals surface area contributed by atoms with Crippen molar-refractivity contribution < 1.29 is 19.4 Å². The van der Waals surface area contributed by atoms with Crippen molar-refractivity contribution in [3.8, 4) is 0 Å². The quantitative estimate of drug-likeness (QED) is 0.680. The van der Waals surface area contributed by atoms with Crippen molar-refractivity contribution >= 4 is 11.7 Å². The minimum Gasteiger partial charge on any atom is -0.477 e. The molecule has 0 aliphatic rings. The minimum atomic E-state index is -1.02. The molecule has 0 unspecified atom stereocenters. The summed E-state index contributed by atoms with van der Waals surface area (Å²) >= 11 is 0. The molecule has 1 heterocycles. The van der Waals surface area contributed by atoms with Gasteiger partial charge in [-0.2, -0.15) is 0 Å². The molecule has 1 aromatic heterocycles. The average Bonchev–Trinajstić information content (AvgIpc) is 2.43. The Morgan fingerprint density at radius 2 is 2.05 bits per heavy atom. The van der Waals surface area contributed by atoms with Gasteiger partial charge in [0.2, 0.25) is 0 Å². The number of aromatic nitrogens is 1. The molecule has 0 fully saturated rings. The molecule has 6 heteroatoms. The number of hydrogen-bond acceptors (Lipinski definition) is 5. The predicted molar refractivity (Wildman–Crippen MR) is 71.8 cm³/mol. The zero-order valence-electron chi connectivity index (χ0n) is 11.3. The first-order valence-corrected chi connectivity index (χ1v) is 6.11. The number of pyridine rings is 1. The van der Waals surface area contributed by atoms with Crippen LogP contribution in [0.1, 0.15) is 16.9 Å². The number of rotatable bonds is 9. The fourth-order valence-corrected chi connectivity index (χ4v) is 1.70. The van der Waals surface area contributed by atoms with Crippen LogP contribution in [-0.2, 0) is 9.47 Å². The van der Waals surface area contributed by atoms with Crippen molar-refractivity contribution in [2.75, 3.05) is 45.4 Å². The van der Waals surface area contributed by atoms with Crippen LogP contribution in [0.15, 0.2) is 18.3 Å². The first kappa shape index (κ1) is 15.4. The van der Waals surface area contributed by atoms with Crippen LogP contribution < -0.4 is 4.90 Å². The van der Waals surface area contributed by atoms with Gasteiger partial charge in [-0.25, -0.2) is 9.78 Å². The highest BCUT2D eigenvalue weighted by molar-refractivity contribution is 5.86. The molecule has 0 radical (unpaired) electrons. The third-order valence-electron chi connectivity index (χ3n) is 2.67. The van der Waals surface area contributed by atoms with Gasteiger partial charge in [-0.15, -0.1) is 0 Å². The molecule has 106 valence electrons. The Hall–Kier alpha value is -1.66. The number of ether oxygens (including phenoxy) is 2. The first-order valence-electron chi connectivity index (χ1n) is 6.11. The fourth-order valence-electron chi connectivity index (χ4n) is 1.70. The van der Waals surface area contributed by atoms with E-state index in [-0.39, 0.29) is 5.69 Å². The van der Waals surface area contributed by atoms with Gasteiger partial charge in [0.15, 0.2) is 0 Å². The van der Waals surface area contributed by atoms with Crippen LogP contribution in [0.25, 0.3) is 0 Å². The second-order valence-electron chi connectivity index (χ2n) is 4.03. The molecule has 0 spiro atoms. The van der Waals surface area contributed by atoms with E-state index in [0.29, 0.717) is 19.8 Å². The van der Waals surface area contributed by atoms with E-state index in [4.69, 9.17) is 14.6 Å². The Morgan fingerprint density at radius 3 is 2.68 bits per heavy atom. The molecule has 6 nitrogen and oxygen atoms in total. The number of anilines is 1. The van der Waals surface area contributed by atoms with Gasteiger partial charge >= 0.3 is 5.97 Å². The lowest BCUT2D eigenvalue weighted by Crippen LogP contribution is -2.29. The summed E-state index contributed by atoms with van der Waals surface area (Å²) in [5.74, 6) is -1.02. The maximum Gasteiger partial charge on any atom is 0.354 e. The second kappa shape index (κ2) is 8.44. The Bertz CT molecular complexity index is 398. The predicted octanol–water partition coefficient (Wildman–Crippen LogP) is 1.27. The Labute approximate surface area is 113 Å². The molecule has 0 saturated heterocycles. The largest absolute Gasteiger partial charge is 0.477 e. The lowest BCUT2D eigenvalue weighted by Gasteiger charge is -2.24. The first-order chi connectivity index (χ1) is 9.19. The normalized spacial score (nSPS) is 10.4. The Morgan fingerprint density at radius 1 is 1.32 bits per heavy atom. The summed E-state index contributed by atoms with van der Waals surface area (Å²) in [5, 5.41) is 8.96. The van der Waals surface area contributed by atoms with E-state index >= 15 is 0 Å². The standard InChI is InChI=1S/C13H20N2O4/c1-18-8-3-6-15(7-9-19-2)11-4-5-14-12(10-11)13(16)17/h4-5,10H,3,6-9H2,1-2H3,(H,16,17). The van der Waals surface area contributed by atoms with Gasteiger partial charge in [0.1, 0.15) is 5.69 Å². The van der Waals surface area contributed by atoms with E-state index in [0.717, 1.165) is 18.7 Å². The molecule has 19 heavy (non-hydrogen) atoms. The molecule has 0 aromatic carbocycles. The van der Waals surface area contributed by atoms with Crippen LogP contribution in [-0.4, -0.2) is 56.6 Å². The molecule has 1 aromatic rings. The van der Waals surface area contributed by atoms with Gasteiger partial charge in [-0.3, -0.25) is 0 Å². The van der Waals surface area contributed by atoms with Crippen LogP contribution in [0, 0.1) is 0 Å². The van der Waals surface area contributed by atoms with E-state index in [1.54, 1.807) is 26.4 Å². The molecular weight excluding hydrogens is 248 g/mol. The van der Waals surface area contributed by atoms with Crippen molar-refractivity contribution in [3.63, 3.8) is 0 Å². The van der Waals surface area contributed by atoms with E-state index in [1.807, 2.05) is 0 Å². The molecule has 0 bridgehead atoms. The number of methoxy groups -OCH3 is 2. The van der Waals surface area contributed by atoms with Crippen LogP contribution >= 0.6 is 0 Å². The molecule has 0 amide bonds. The van der Waals surface area contributed by atoms with Crippen LogP contribution in [0.4, 0.5) is 5.69 Å². The topological polar surface area (TPSA) is 71.9 Å². The summed E-state index contributed by atoms with van der Waals surface area (Å²) < 4.78 is 10.1. The molecular formula is C13H20N2O4. The summed E-state index contributed by atoms with van der Waals surface area (Å²) in [6.07, 6.45) is 2.37. The highest BCUT2D eigenvalue weighted by Crippen LogP contribution is 2.15. The Balaban J connectivity index is 2.76. The van der Waals surface area contributed by atoms with Gasteiger partial charge in [0.05, 0.1) is 6.61 Å². The van der Waals surface area contributed by atoms with Crippen molar-refractivity contribution in [1.29, 1.82) is 0 Å². The van der Waals surface area contributed by atoms with E-state index in [1.165, 1.54) is 6.20 Å². The monoisotopic (exact) mass is 268 g/mol. The fraction of sp³-hybridized carbons (Fsp3) is 0.538. The smallest absolute Gasteiger partial charge is 0.354 e. The highest BCUT2D eigenvalue weighted by Gasteiger charge is 2.10. The molecule has 0 saturated carbocycles. The zero-order valence-corrected chi connectivity index (χ0v) is 11.3. The third kappa shape index (κ3) is 5.23. The third-order valence-corrected chi connectivity index (χ3v) is 2.67. The van der Waals surface area contributed by atoms with Crippen molar-refractivity contribution in [3.05, 3.63) is 24.0 Å². The highest BCUT2D eigenvalue weighted by atomic mass is 16.5. The lowest BCUT2D eigenvalue weighted by atomic mass is 10.2. The molecule has 1 N–H and O–H groups in total. The summed E-state index contributed by atoms with van der Waals surface area (Å²) in [6.45, 7) is 2.72. The lowest BCUT2D eigenvalue weighted by molar-refractivity contribution is 0.0690. The van der Waals surface area contributed by atoms with E-state index in [2.05, 4.69) is 9.88 Å². The summed E-state index contributed by atoms with van der Waals surface area (Å²) in [4.78, 5) is 16.8. The average molecular weight is 268 g/mol. The van der Waals surface area contributed by atoms with Gasteiger partial charge in [0, 0.05) is 45.8 Å². The second-order valence-corrected chi connectivity index (χ2v) is 4.03. The Kier molecular flexibility index (Phi) is 6.84. The molecule has 0 aliphatic heterocycles. The summed E-state index contributed by atoms with van der Waals surface area (Å²) in [5.41, 5.74) is 0.882. The van der Waals surface area contributed by atoms with Gasteiger partial charge in [-0.05, 0) is 18.6 Å². The van der Waals surface area contributed by atoms with Crippen molar-refractivity contribution in [2.45, 2.75) is 6.42 Å². The van der Waals surface area contributed by atoms with Crippen molar-refractivity contribution in [2.24, 2.45) is 0 Å². The van der Waals surface area contributed by atoms with Crippen LogP contribution in [0.3, 0.4) is 0 Å². The number of carboxylic acid groups (broad SMARTS) is 1. The van der Waals surface area contributed by atoms with Crippen molar-refractivity contribution in [1.82, 2.24) is 4.98 Å². The number of carbonyl (C=O) groups is 1. The maximum absolute atomic E-state index is 10.9. The molecule has 0 aliphatic carbocycles. The van der Waals surface area contributed by atoms with Gasteiger partial charge in [0.25, 0.3) is 0 Å². The van der Waals surface area contributed by atoms with E-state index in [9.17, 15) is 4.79 Å². The van der Waals surface area contributed by atoms with Gasteiger partial charge in [-0.1, -0.05) is 0 Å². The maximum atomic E-state index is 10.9. The van der Waals surface area contributed by atoms with Crippen LogP contribution in [0.2, 0.25) is 0 Å². The van der Waals surface area contributed by atoms with Gasteiger partial charge < -0.3 is 19.5 Å². The number of aromatic carboxylic acids is 1. The minimum absolute atomic E-state index is 0.0478. The molecule has 1 rings (SSSR count). The summed E-state index contributed by atoms with van der Waals surface area (Å²) in [6, 6.07) is 3.37. The SMILES string of the molecule is COCCCN(CCOC)c1ccnc(C(=O)O)c1. The molecule has 0 atom stereocenters. The number of carboxylic acids is 1. The van der Waals surface area contributed by atoms with Crippen LogP contribution in [0.5, 0.6) is 0 Å².